The van der Waals surface area contributed by atoms with Crippen LogP contribution in [-0.2, 0) is 4.79 Å². The smallest absolute Gasteiger partial charge is 0.217 e. The Balaban J connectivity index is 1.67. The summed E-state index contributed by atoms with van der Waals surface area (Å²) in [6.07, 6.45) is 10.7. The fourth-order valence-corrected chi connectivity index (χ4v) is 4.37. The Morgan fingerprint density at radius 2 is 1.55 bits per heavy atom. The summed E-state index contributed by atoms with van der Waals surface area (Å²) in [4.78, 5) is 14.1. The molecule has 3 rings (SSSR count). The zero-order valence-corrected chi connectivity index (χ0v) is 14.1. The number of nitrogens with zero attached hydrogens (tertiary/aromatic N) is 3. The minimum atomic E-state index is 0.119. The summed E-state index contributed by atoms with van der Waals surface area (Å²) in [6.45, 7) is 7.62. The predicted molar refractivity (Wildman–Crippen MR) is 88.2 cm³/mol. The Morgan fingerprint density at radius 3 is 2.18 bits per heavy atom. The molecule has 0 saturated carbocycles. The van der Waals surface area contributed by atoms with E-state index >= 15 is 0 Å². The third kappa shape index (κ3) is 4.00. The Bertz CT molecular complexity index is 364. The summed E-state index contributed by atoms with van der Waals surface area (Å²) >= 11 is 0. The van der Waals surface area contributed by atoms with Crippen molar-refractivity contribution in [3.63, 3.8) is 0 Å². The number of carbonyl (C=O) groups is 1. The summed E-state index contributed by atoms with van der Waals surface area (Å²) in [5.41, 5.74) is 0. The highest BCUT2D eigenvalue weighted by Crippen LogP contribution is 2.27. The van der Waals surface area contributed by atoms with Gasteiger partial charge in [-0.1, -0.05) is 12.8 Å². The average molecular weight is 308 g/mol. The van der Waals surface area contributed by atoms with E-state index in [-0.39, 0.29) is 5.91 Å². The van der Waals surface area contributed by atoms with Crippen molar-refractivity contribution in [3.05, 3.63) is 0 Å². The third-order valence-electron chi connectivity index (χ3n) is 5.46. The van der Waals surface area contributed by atoms with Gasteiger partial charge in [-0.2, -0.15) is 0 Å². The van der Waals surface area contributed by atoms with Crippen molar-refractivity contribution in [1.29, 1.82) is 0 Å². The number of carbonyl (C=O) groups excluding carboxylic acids is 1. The van der Waals surface area contributed by atoms with Gasteiger partial charge < -0.3 is 5.32 Å². The second-order valence-corrected chi connectivity index (χ2v) is 7.18. The van der Waals surface area contributed by atoms with Crippen LogP contribution < -0.4 is 5.32 Å². The molecule has 0 spiro atoms. The van der Waals surface area contributed by atoms with Gasteiger partial charge in [0, 0.05) is 32.6 Å². The molecule has 0 aromatic carbocycles. The van der Waals surface area contributed by atoms with E-state index in [1.54, 1.807) is 6.92 Å². The van der Waals surface area contributed by atoms with Gasteiger partial charge in [-0.05, 0) is 51.6 Å². The quantitative estimate of drug-likeness (QED) is 0.863. The first kappa shape index (κ1) is 16.2. The number of hydrogen-bond donors (Lipinski definition) is 1. The molecule has 5 nitrogen and oxygen atoms in total. The van der Waals surface area contributed by atoms with Crippen LogP contribution in [0.3, 0.4) is 0 Å². The van der Waals surface area contributed by atoms with Crippen LogP contribution in [0.1, 0.15) is 58.3 Å². The Labute approximate surface area is 135 Å². The SMILES string of the molecule is CC(=O)NC1CCN(N2CCCCC2)C(N2CCCCC2)C1. The maximum atomic E-state index is 11.4. The minimum absolute atomic E-state index is 0.119. The number of nitrogens with one attached hydrogen (secondary N) is 1. The van der Waals surface area contributed by atoms with E-state index < -0.39 is 0 Å². The number of rotatable bonds is 3. The van der Waals surface area contributed by atoms with Gasteiger partial charge in [0.05, 0.1) is 6.17 Å². The molecule has 1 amide bonds. The number of hydrazine groups is 1. The monoisotopic (exact) mass is 308 g/mol. The Kier molecular flexibility index (Phi) is 5.71. The maximum Gasteiger partial charge on any atom is 0.217 e. The second-order valence-electron chi connectivity index (χ2n) is 7.18. The minimum Gasteiger partial charge on any atom is -0.353 e. The molecule has 3 fully saturated rings. The first-order valence-corrected chi connectivity index (χ1v) is 9.27. The zero-order valence-electron chi connectivity index (χ0n) is 14.1. The molecule has 3 saturated heterocycles. The molecule has 0 aromatic rings. The molecule has 0 aliphatic carbocycles. The molecular weight excluding hydrogens is 276 g/mol. The van der Waals surface area contributed by atoms with Gasteiger partial charge in [-0.3, -0.25) is 9.69 Å². The molecule has 2 unspecified atom stereocenters. The lowest BCUT2D eigenvalue weighted by atomic mass is 9.99. The van der Waals surface area contributed by atoms with Crippen molar-refractivity contribution in [2.75, 3.05) is 32.7 Å². The molecule has 2 atom stereocenters. The summed E-state index contributed by atoms with van der Waals surface area (Å²) in [7, 11) is 0. The molecule has 3 aliphatic heterocycles. The standard InChI is InChI=1S/C17H32N4O/c1-15(22)18-16-8-13-21(20-11-6-3-7-12-20)17(14-16)19-9-4-2-5-10-19/h16-17H,2-14H2,1H3,(H,18,22). The molecule has 3 aliphatic rings. The van der Waals surface area contributed by atoms with E-state index in [1.165, 1.54) is 64.7 Å². The van der Waals surface area contributed by atoms with Gasteiger partial charge in [0.2, 0.25) is 5.91 Å². The summed E-state index contributed by atoms with van der Waals surface area (Å²) in [5, 5.41) is 8.41. The summed E-state index contributed by atoms with van der Waals surface area (Å²) in [6, 6.07) is 0.352. The number of piperidine rings is 3. The molecular formula is C17H32N4O. The van der Waals surface area contributed by atoms with Crippen LogP contribution in [0.15, 0.2) is 0 Å². The van der Waals surface area contributed by atoms with Gasteiger partial charge in [-0.25, -0.2) is 10.0 Å². The van der Waals surface area contributed by atoms with Crippen molar-refractivity contribution in [1.82, 2.24) is 20.2 Å². The highest BCUT2D eigenvalue weighted by molar-refractivity contribution is 5.73. The van der Waals surface area contributed by atoms with Crippen LogP contribution in [-0.4, -0.2) is 65.8 Å². The van der Waals surface area contributed by atoms with E-state index in [9.17, 15) is 4.79 Å². The fourth-order valence-electron chi connectivity index (χ4n) is 4.37. The molecule has 0 aromatic heterocycles. The maximum absolute atomic E-state index is 11.4. The van der Waals surface area contributed by atoms with E-state index in [2.05, 4.69) is 20.2 Å². The van der Waals surface area contributed by atoms with Crippen molar-refractivity contribution < 1.29 is 4.79 Å². The molecule has 126 valence electrons. The van der Waals surface area contributed by atoms with Crippen LogP contribution in [0.2, 0.25) is 0 Å². The van der Waals surface area contributed by atoms with Gasteiger partial charge in [0.1, 0.15) is 0 Å². The van der Waals surface area contributed by atoms with Crippen molar-refractivity contribution in [2.45, 2.75) is 70.5 Å². The van der Waals surface area contributed by atoms with E-state index in [4.69, 9.17) is 0 Å². The first-order chi connectivity index (χ1) is 10.7. The molecule has 0 bridgehead atoms. The normalized spacial score (nSPS) is 32.8. The van der Waals surface area contributed by atoms with Crippen LogP contribution in [0.4, 0.5) is 0 Å². The van der Waals surface area contributed by atoms with Gasteiger partial charge in [0.15, 0.2) is 0 Å². The van der Waals surface area contributed by atoms with Gasteiger partial charge in [-0.15, -0.1) is 0 Å². The lowest BCUT2D eigenvalue weighted by Gasteiger charge is -2.51. The van der Waals surface area contributed by atoms with Crippen molar-refractivity contribution in [3.8, 4) is 0 Å². The molecule has 3 heterocycles. The van der Waals surface area contributed by atoms with Crippen LogP contribution in [0.25, 0.3) is 0 Å². The second kappa shape index (κ2) is 7.75. The topological polar surface area (TPSA) is 38.8 Å². The van der Waals surface area contributed by atoms with Crippen LogP contribution in [0.5, 0.6) is 0 Å². The summed E-state index contributed by atoms with van der Waals surface area (Å²) in [5.74, 6) is 0.119. The zero-order chi connectivity index (χ0) is 15.4. The van der Waals surface area contributed by atoms with Crippen LogP contribution >= 0.6 is 0 Å². The molecule has 0 radical (unpaired) electrons. The van der Waals surface area contributed by atoms with Gasteiger partial charge >= 0.3 is 0 Å². The van der Waals surface area contributed by atoms with E-state index in [0.29, 0.717) is 12.2 Å². The molecule has 5 heteroatoms. The number of amides is 1. The Hall–Kier alpha value is -0.650. The molecule has 22 heavy (non-hydrogen) atoms. The number of likely N-dealkylation sites (tertiary alicyclic amines) is 1. The molecule has 1 N–H and O–H groups in total. The lowest BCUT2D eigenvalue weighted by Crippen LogP contribution is -2.63. The summed E-state index contributed by atoms with van der Waals surface area (Å²) < 4.78 is 0. The van der Waals surface area contributed by atoms with E-state index in [1.807, 2.05) is 0 Å². The average Bonchev–Trinajstić information content (AvgIpc) is 2.56. The predicted octanol–water partition coefficient (Wildman–Crippen LogP) is 1.80. The lowest BCUT2D eigenvalue weighted by molar-refractivity contribution is -0.148. The highest BCUT2D eigenvalue weighted by Gasteiger charge is 2.36. The van der Waals surface area contributed by atoms with Crippen molar-refractivity contribution >= 4 is 5.91 Å². The number of hydrogen-bond acceptors (Lipinski definition) is 4. The highest BCUT2D eigenvalue weighted by atomic mass is 16.1. The Morgan fingerprint density at radius 1 is 0.909 bits per heavy atom. The fraction of sp³-hybridized carbons (Fsp3) is 0.941. The van der Waals surface area contributed by atoms with E-state index in [0.717, 1.165) is 19.4 Å². The largest absolute Gasteiger partial charge is 0.353 e. The first-order valence-electron chi connectivity index (χ1n) is 9.27. The third-order valence-corrected chi connectivity index (χ3v) is 5.46. The van der Waals surface area contributed by atoms with Crippen LogP contribution in [0, 0.1) is 0 Å². The van der Waals surface area contributed by atoms with Crippen molar-refractivity contribution in [2.24, 2.45) is 0 Å². The van der Waals surface area contributed by atoms with Gasteiger partial charge in [0.25, 0.3) is 0 Å².